The number of rotatable bonds is 12. The molecule has 3 amide bonds. The smallest absolute Gasteiger partial charge is 0.217 e. The zero-order valence-corrected chi connectivity index (χ0v) is 29.2. The lowest BCUT2D eigenvalue weighted by Crippen LogP contribution is -2.72. The van der Waals surface area contributed by atoms with Crippen LogP contribution in [0.3, 0.4) is 0 Å². The summed E-state index contributed by atoms with van der Waals surface area (Å²) in [4.78, 5) is 36.9. The maximum atomic E-state index is 12.7. The Kier molecular flexibility index (Phi) is 15.2. The van der Waals surface area contributed by atoms with Crippen LogP contribution in [0.4, 0.5) is 0 Å². The lowest BCUT2D eigenvalue weighted by Gasteiger charge is -2.52. The van der Waals surface area contributed by atoms with Gasteiger partial charge in [0.1, 0.15) is 91.4 Å². The van der Waals surface area contributed by atoms with E-state index in [0.717, 1.165) is 20.8 Å². The van der Waals surface area contributed by atoms with Crippen molar-refractivity contribution in [3.8, 4) is 0 Å². The van der Waals surface area contributed by atoms with Gasteiger partial charge in [0.25, 0.3) is 0 Å². The van der Waals surface area contributed by atoms with Crippen LogP contribution in [0.25, 0.3) is 0 Å². The van der Waals surface area contributed by atoms with Crippen molar-refractivity contribution >= 4 is 17.7 Å². The van der Waals surface area contributed by atoms with Crippen molar-refractivity contribution in [2.75, 3.05) is 19.8 Å². The number of aliphatic hydroxyl groups is 10. The molecule has 53 heavy (non-hydrogen) atoms. The minimum Gasteiger partial charge on any atom is -0.394 e. The first kappa shape index (κ1) is 43.5. The van der Waals surface area contributed by atoms with Gasteiger partial charge in [-0.25, -0.2) is 0 Å². The van der Waals surface area contributed by atoms with Gasteiger partial charge in [0.15, 0.2) is 25.2 Å². The van der Waals surface area contributed by atoms with E-state index in [1.54, 1.807) is 0 Å². The summed E-state index contributed by atoms with van der Waals surface area (Å²) >= 11 is 0. The van der Waals surface area contributed by atoms with Gasteiger partial charge in [-0.1, -0.05) is 0 Å². The van der Waals surface area contributed by atoms with Crippen molar-refractivity contribution in [3.05, 3.63) is 0 Å². The Bertz CT molecular complexity index is 1240. The second-order valence-electron chi connectivity index (χ2n) is 13.3. The van der Waals surface area contributed by atoms with Crippen molar-refractivity contribution in [3.63, 3.8) is 0 Å². The highest BCUT2D eigenvalue weighted by atomic mass is 16.8. The Morgan fingerprint density at radius 1 is 0.491 bits per heavy atom. The summed E-state index contributed by atoms with van der Waals surface area (Å²) in [6.07, 6.45) is -28.5. The van der Waals surface area contributed by atoms with Gasteiger partial charge in [-0.3, -0.25) is 14.4 Å². The first-order chi connectivity index (χ1) is 24.9. The van der Waals surface area contributed by atoms with Gasteiger partial charge in [-0.05, 0) is 6.92 Å². The van der Waals surface area contributed by atoms with Crippen LogP contribution in [0.1, 0.15) is 27.7 Å². The van der Waals surface area contributed by atoms with Crippen LogP contribution in [0, 0.1) is 0 Å². The quantitative estimate of drug-likeness (QED) is 0.0875. The molecule has 4 fully saturated rings. The second-order valence-corrected chi connectivity index (χ2v) is 13.3. The molecular weight excluding hydrogens is 722 g/mol. The summed E-state index contributed by atoms with van der Waals surface area (Å²) in [5.41, 5.74) is 0. The summed E-state index contributed by atoms with van der Waals surface area (Å²) < 4.78 is 41.0. The van der Waals surface area contributed by atoms with E-state index >= 15 is 0 Å². The molecule has 0 aromatic carbocycles. The predicted octanol–water partition coefficient (Wildman–Crippen LogP) is -8.29. The summed E-state index contributed by atoms with van der Waals surface area (Å²) in [7, 11) is 0. The highest BCUT2D eigenvalue weighted by Gasteiger charge is 2.57. The lowest BCUT2D eigenvalue weighted by atomic mass is 9.93. The summed E-state index contributed by atoms with van der Waals surface area (Å²) in [6, 6.07) is -4.66. The largest absolute Gasteiger partial charge is 0.394 e. The Balaban J connectivity index is 1.80. The highest BCUT2D eigenvalue weighted by Crippen LogP contribution is 2.35. The monoisotopic (exact) mass is 773 g/mol. The molecule has 0 radical (unpaired) electrons. The number of carbonyl (C=O) groups is 3. The molecule has 23 heteroatoms. The van der Waals surface area contributed by atoms with Crippen LogP contribution in [-0.2, 0) is 47.5 Å². The van der Waals surface area contributed by atoms with Crippen molar-refractivity contribution in [2.24, 2.45) is 0 Å². The lowest BCUT2D eigenvalue weighted by molar-refractivity contribution is -0.375. The first-order valence-corrected chi connectivity index (χ1v) is 16.9. The van der Waals surface area contributed by atoms with E-state index in [-0.39, 0.29) is 0 Å². The third-order valence-corrected chi connectivity index (χ3v) is 9.37. The fourth-order valence-electron chi connectivity index (χ4n) is 6.69. The Hall–Kier alpha value is -2.27. The average molecular weight is 774 g/mol. The van der Waals surface area contributed by atoms with Gasteiger partial charge < -0.3 is 100 Å². The Labute approximate surface area is 302 Å². The fourth-order valence-corrected chi connectivity index (χ4v) is 6.69. The van der Waals surface area contributed by atoms with Gasteiger partial charge in [-0.2, -0.15) is 0 Å². The molecular formula is C30H51N3O20. The number of ether oxygens (including phenoxy) is 7. The molecule has 0 bridgehead atoms. The van der Waals surface area contributed by atoms with Gasteiger partial charge in [-0.15, -0.1) is 0 Å². The molecule has 0 aromatic heterocycles. The van der Waals surface area contributed by atoms with Crippen LogP contribution in [0.2, 0.25) is 0 Å². The normalized spacial score (nSPS) is 46.3. The molecule has 23 nitrogen and oxygen atoms in total. The van der Waals surface area contributed by atoms with Gasteiger partial charge in [0.05, 0.1) is 25.9 Å². The van der Waals surface area contributed by atoms with E-state index in [4.69, 9.17) is 33.2 Å². The van der Waals surface area contributed by atoms with E-state index in [9.17, 15) is 65.4 Å². The van der Waals surface area contributed by atoms with E-state index in [1.165, 1.54) is 6.92 Å². The maximum absolute atomic E-state index is 12.7. The molecule has 4 saturated heterocycles. The van der Waals surface area contributed by atoms with Gasteiger partial charge >= 0.3 is 0 Å². The maximum Gasteiger partial charge on any atom is 0.217 e. The Morgan fingerprint density at radius 2 is 0.962 bits per heavy atom. The zero-order valence-electron chi connectivity index (χ0n) is 29.2. The molecule has 306 valence electrons. The van der Waals surface area contributed by atoms with Crippen LogP contribution >= 0.6 is 0 Å². The average Bonchev–Trinajstić information content (AvgIpc) is 3.09. The molecule has 4 aliphatic heterocycles. The van der Waals surface area contributed by atoms with Crippen molar-refractivity contribution in [1.29, 1.82) is 0 Å². The number of nitrogens with one attached hydrogen (secondary N) is 3. The molecule has 20 atom stereocenters. The summed E-state index contributed by atoms with van der Waals surface area (Å²) in [5, 5.41) is 113. The SMILES string of the molecule is CC(=O)N[C@H]1[C@H](O[C@H]2[C@H](O[C@@H]3O[C@@H](C)[C@@H](O)[C@@H](O)[C@@H]3O)[C@@H](NC(C)=O)[C@H](O[C@H]3[C@@H](O)[C@@H](CO)OC(O)[C@@H]3NC(C)=O)O[C@@H]2CO)O[C@H](CO)[C@H](O)[C@@H]1O. The number of aliphatic hydroxyl groups excluding tert-OH is 10. The fraction of sp³-hybridized carbons (Fsp3) is 0.900. The number of carbonyl (C=O) groups excluding carboxylic acids is 3. The van der Waals surface area contributed by atoms with Crippen molar-refractivity contribution < 1.29 is 98.6 Å². The molecule has 0 aliphatic carbocycles. The predicted molar refractivity (Wildman–Crippen MR) is 167 cm³/mol. The number of hydrogen-bond acceptors (Lipinski definition) is 20. The zero-order chi connectivity index (χ0) is 39.5. The minimum atomic E-state index is -1.94. The van der Waals surface area contributed by atoms with E-state index in [2.05, 4.69) is 16.0 Å². The summed E-state index contributed by atoms with van der Waals surface area (Å²) in [5.74, 6) is -2.16. The van der Waals surface area contributed by atoms with Crippen molar-refractivity contribution in [2.45, 2.75) is 150 Å². The molecule has 4 aliphatic rings. The molecule has 13 N–H and O–H groups in total. The van der Waals surface area contributed by atoms with Gasteiger partial charge in [0.2, 0.25) is 17.7 Å². The molecule has 1 unspecified atom stereocenters. The minimum absolute atomic E-state index is 0.695. The van der Waals surface area contributed by atoms with Crippen LogP contribution in [0.15, 0.2) is 0 Å². The Morgan fingerprint density at radius 3 is 1.53 bits per heavy atom. The number of hydrogen-bond donors (Lipinski definition) is 13. The molecule has 4 rings (SSSR count). The third kappa shape index (κ3) is 9.76. The second kappa shape index (κ2) is 18.6. The van der Waals surface area contributed by atoms with E-state index in [1.807, 2.05) is 0 Å². The first-order valence-electron chi connectivity index (χ1n) is 16.9. The van der Waals surface area contributed by atoms with Crippen molar-refractivity contribution in [1.82, 2.24) is 16.0 Å². The third-order valence-electron chi connectivity index (χ3n) is 9.37. The highest BCUT2D eigenvalue weighted by molar-refractivity contribution is 5.74. The topological polar surface area (TPSA) is 354 Å². The van der Waals surface area contributed by atoms with Gasteiger partial charge in [0, 0.05) is 20.8 Å². The van der Waals surface area contributed by atoms with E-state index in [0.29, 0.717) is 0 Å². The molecule has 0 spiro atoms. The van der Waals surface area contributed by atoms with Crippen LogP contribution in [-0.4, -0.2) is 211 Å². The molecule has 0 saturated carbocycles. The standard InChI is InChI=1S/C30H51N3O20/c1-8-18(40)22(44)23(45)30(47-8)53-26-17(33-11(4)39)29(52-25-16(32-10(3)38)27(46)48-13(6-35)20(25)42)50-14(7-36)24(26)51-28-15(31-9(2)37)21(43)19(41)12(5-34)49-28/h8,12-30,34-36,40-46H,5-7H2,1-4H3,(H,31,37)(H,32,38)(H,33,39)/t8-,12+,13+,14+,15+,16+,17+,18+,19-,20-,21+,22+,23-,24+,25+,26+,27?,28-,29-,30-/m0/s1. The van der Waals surface area contributed by atoms with Crippen LogP contribution < -0.4 is 16.0 Å². The summed E-state index contributed by atoms with van der Waals surface area (Å²) in [6.45, 7) is 2.03. The molecule has 0 aromatic rings. The number of amides is 3. The van der Waals surface area contributed by atoms with Crippen LogP contribution in [0.5, 0.6) is 0 Å². The van der Waals surface area contributed by atoms with E-state index < -0.39 is 160 Å². The molecule has 4 heterocycles.